The Labute approximate surface area is 119 Å². The minimum absolute atomic E-state index is 0.00465. The molecule has 0 saturated heterocycles. The molecule has 0 aromatic carbocycles. The van der Waals surface area contributed by atoms with Gasteiger partial charge in [0.1, 0.15) is 5.76 Å². The standard InChI is InChI=1S/C15H23NO4/c1-11-8-12(20-13(11)14(17)18)9-16-10-15(19)6-4-2-3-5-7-15/h8,16,19H,2-7,9-10H2,1H3,(H,17,18). The number of carbonyl (C=O) groups is 1. The maximum Gasteiger partial charge on any atom is 0.372 e. The van der Waals surface area contributed by atoms with Crippen molar-refractivity contribution in [3.8, 4) is 0 Å². The lowest BCUT2D eigenvalue weighted by Gasteiger charge is -2.26. The van der Waals surface area contributed by atoms with Crippen LogP contribution >= 0.6 is 0 Å². The molecule has 1 saturated carbocycles. The highest BCUT2D eigenvalue weighted by atomic mass is 16.4. The molecule has 112 valence electrons. The second kappa shape index (κ2) is 6.41. The number of aryl methyl sites for hydroxylation is 1. The number of rotatable bonds is 5. The molecule has 2 rings (SSSR count). The van der Waals surface area contributed by atoms with E-state index in [4.69, 9.17) is 9.52 Å². The van der Waals surface area contributed by atoms with Crippen molar-refractivity contribution < 1.29 is 19.4 Å². The zero-order valence-corrected chi connectivity index (χ0v) is 11.9. The van der Waals surface area contributed by atoms with E-state index in [1.54, 1.807) is 13.0 Å². The van der Waals surface area contributed by atoms with Crippen LogP contribution in [-0.2, 0) is 6.54 Å². The fraction of sp³-hybridized carbons (Fsp3) is 0.667. The number of hydrogen-bond acceptors (Lipinski definition) is 4. The molecule has 1 heterocycles. The quantitative estimate of drug-likeness (QED) is 0.722. The number of hydrogen-bond donors (Lipinski definition) is 3. The molecule has 1 fully saturated rings. The molecule has 0 radical (unpaired) electrons. The second-order valence-corrected chi connectivity index (χ2v) is 5.77. The minimum atomic E-state index is -1.05. The van der Waals surface area contributed by atoms with Gasteiger partial charge in [-0.1, -0.05) is 25.7 Å². The van der Waals surface area contributed by atoms with Crippen LogP contribution in [0.2, 0.25) is 0 Å². The Morgan fingerprint density at radius 2 is 2.00 bits per heavy atom. The molecule has 0 unspecified atom stereocenters. The molecule has 1 aromatic rings. The molecule has 0 amide bonds. The summed E-state index contributed by atoms with van der Waals surface area (Å²) in [5.74, 6) is -0.455. The predicted molar refractivity (Wildman–Crippen MR) is 74.8 cm³/mol. The third kappa shape index (κ3) is 3.84. The van der Waals surface area contributed by atoms with Gasteiger partial charge in [-0.15, -0.1) is 0 Å². The van der Waals surface area contributed by atoms with E-state index >= 15 is 0 Å². The Balaban J connectivity index is 1.86. The molecule has 0 bridgehead atoms. The third-order valence-corrected chi connectivity index (χ3v) is 3.95. The van der Waals surface area contributed by atoms with Gasteiger partial charge in [-0.05, 0) is 25.8 Å². The van der Waals surface area contributed by atoms with Gasteiger partial charge in [0.25, 0.3) is 0 Å². The molecule has 5 nitrogen and oxygen atoms in total. The van der Waals surface area contributed by atoms with Gasteiger partial charge in [0.2, 0.25) is 5.76 Å². The summed E-state index contributed by atoms with van der Waals surface area (Å²) in [6.07, 6.45) is 6.20. The van der Waals surface area contributed by atoms with E-state index in [1.807, 2.05) is 0 Å². The van der Waals surface area contributed by atoms with Crippen LogP contribution in [0.4, 0.5) is 0 Å². The van der Waals surface area contributed by atoms with Gasteiger partial charge in [-0.3, -0.25) is 0 Å². The summed E-state index contributed by atoms with van der Waals surface area (Å²) < 4.78 is 5.28. The molecule has 20 heavy (non-hydrogen) atoms. The summed E-state index contributed by atoms with van der Waals surface area (Å²) in [6, 6.07) is 1.73. The van der Waals surface area contributed by atoms with Crippen LogP contribution in [0.3, 0.4) is 0 Å². The lowest BCUT2D eigenvalue weighted by molar-refractivity contribution is 0.0246. The normalized spacial score (nSPS) is 18.7. The zero-order valence-electron chi connectivity index (χ0n) is 11.9. The Morgan fingerprint density at radius 1 is 1.35 bits per heavy atom. The lowest BCUT2D eigenvalue weighted by Crippen LogP contribution is -2.39. The molecular formula is C15H23NO4. The molecule has 0 spiro atoms. The van der Waals surface area contributed by atoms with Crippen LogP contribution in [0.15, 0.2) is 10.5 Å². The molecular weight excluding hydrogens is 258 g/mol. The smallest absolute Gasteiger partial charge is 0.372 e. The highest BCUT2D eigenvalue weighted by molar-refractivity contribution is 5.86. The summed E-state index contributed by atoms with van der Waals surface area (Å²) in [5.41, 5.74) is -0.00389. The van der Waals surface area contributed by atoms with Crippen molar-refractivity contribution in [2.24, 2.45) is 0 Å². The van der Waals surface area contributed by atoms with Crippen LogP contribution in [0.1, 0.15) is 60.4 Å². The van der Waals surface area contributed by atoms with Gasteiger partial charge in [-0.2, -0.15) is 0 Å². The van der Waals surface area contributed by atoms with Crippen LogP contribution in [-0.4, -0.2) is 28.3 Å². The second-order valence-electron chi connectivity index (χ2n) is 5.77. The Morgan fingerprint density at radius 3 is 2.55 bits per heavy atom. The number of aliphatic hydroxyl groups is 1. The number of carboxylic acids is 1. The molecule has 1 aromatic heterocycles. The van der Waals surface area contributed by atoms with Crippen molar-refractivity contribution in [1.82, 2.24) is 5.32 Å². The van der Waals surface area contributed by atoms with E-state index in [2.05, 4.69) is 5.32 Å². The third-order valence-electron chi connectivity index (χ3n) is 3.95. The maximum absolute atomic E-state index is 10.9. The monoisotopic (exact) mass is 281 g/mol. The van der Waals surface area contributed by atoms with E-state index in [0.717, 1.165) is 25.7 Å². The van der Waals surface area contributed by atoms with Crippen LogP contribution in [0.5, 0.6) is 0 Å². The zero-order chi connectivity index (χ0) is 14.6. The molecule has 1 aliphatic rings. The molecule has 0 aliphatic heterocycles. The van der Waals surface area contributed by atoms with Gasteiger partial charge in [0, 0.05) is 12.1 Å². The van der Waals surface area contributed by atoms with Crippen molar-refractivity contribution in [2.75, 3.05) is 6.54 Å². The SMILES string of the molecule is Cc1cc(CNCC2(O)CCCCCC2)oc1C(=O)O. The molecule has 1 aliphatic carbocycles. The van der Waals surface area contributed by atoms with E-state index in [9.17, 15) is 9.90 Å². The van der Waals surface area contributed by atoms with E-state index in [-0.39, 0.29) is 5.76 Å². The Bertz CT molecular complexity index is 458. The summed E-state index contributed by atoms with van der Waals surface area (Å²) in [4.78, 5) is 10.9. The van der Waals surface area contributed by atoms with E-state index in [1.165, 1.54) is 12.8 Å². The Kier molecular flexibility index (Phi) is 4.83. The molecule has 3 N–H and O–H groups in total. The van der Waals surface area contributed by atoms with Crippen molar-refractivity contribution in [1.29, 1.82) is 0 Å². The van der Waals surface area contributed by atoms with Crippen molar-refractivity contribution >= 4 is 5.97 Å². The van der Waals surface area contributed by atoms with Gasteiger partial charge >= 0.3 is 5.97 Å². The van der Waals surface area contributed by atoms with Crippen LogP contribution < -0.4 is 5.32 Å². The lowest BCUT2D eigenvalue weighted by atomic mass is 9.94. The van der Waals surface area contributed by atoms with Crippen LogP contribution in [0, 0.1) is 6.92 Å². The van der Waals surface area contributed by atoms with Crippen molar-refractivity contribution in [3.05, 3.63) is 23.2 Å². The summed E-state index contributed by atoms with van der Waals surface area (Å²) in [5, 5.41) is 22.6. The molecule has 5 heteroatoms. The van der Waals surface area contributed by atoms with Crippen LogP contribution in [0.25, 0.3) is 0 Å². The molecule has 0 atom stereocenters. The number of nitrogens with one attached hydrogen (secondary N) is 1. The van der Waals surface area contributed by atoms with E-state index < -0.39 is 11.6 Å². The largest absolute Gasteiger partial charge is 0.475 e. The Hall–Kier alpha value is -1.33. The fourth-order valence-corrected chi connectivity index (χ4v) is 2.83. The number of carboxylic acid groups (broad SMARTS) is 1. The van der Waals surface area contributed by atoms with Gasteiger partial charge in [-0.25, -0.2) is 4.79 Å². The highest BCUT2D eigenvalue weighted by Crippen LogP contribution is 2.26. The highest BCUT2D eigenvalue weighted by Gasteiger charge is 2.27. The topological polar surface area (TPSA) is 82.7 Å². The van der Waals surface area contributed by atoms with Gasteiger partial charge in [0.15, 0.2) is 0 Å². The summed E-state index contributed by atoms with van der Waals surface area (Å²) in [7, 11) is 0. The predicted octanol–water partition coefficient (Wildman–Crippen LogP) is 2.46. The average molecular weight is 281 g/mol. The summed E-state index contributed by atoms with van der Waals surface area (Å²) in [6.45, 7) is 2.68. The number of furan rings is 1. The first-order chi connectivity index (χ1) is 9.50. The minimum Gasteiger partial charge on any atom is -0.475 e. The van der Waals surface area contributed by atoms with Gasteiger partial charge in [0.05, 0.1) is 12.1 Å². The average Bonchev–Trinajstić information content (AvgIpc) is 2.61. The first kappa shape index (κ1) is 15.1. The van der Waals surface area contributed by atoms with Crippen molar-refractivity contribution in [2.45, 2.75) is 57.6 Å². The van der Waals surface area contributed by atoms with E-state index in [0.29, 0.717) is 24.4 Å². The van der Waals surface area contributed by atoms with Gasteiger partial charge < -0.3 is 19.9 Å². The number of aromatic carboxylic acids is 1. The van der Waals surface area contributed by atoms with Crippen molar-refractivity contribution in [3.63, 3.8) is 0 Å². The maximum atomic E-state index is 10.9. The first-order valence-electron chi connectivity index (χ1n) is 7.26. The summed E-state index contributed by atoms with van der Waals surface area (Å²) >= 11 is 0. The fourth-order valence-electron chi connectivity index (χ4n) is 2.83. The first-order valence-corrected chi connectivity index (χ1v) is 7.26.